The molecule has 0 radical (unpaired) electrons. The van der Waals surface area contributed by atoms with E-state index in [1.807, 2.05) is 6.92 Å². The molecule has 3 nitrogen and oxygen atoms in total. The molecule has 0 aromatic carbocycles. The first kappa shape index (κ1) is 12.1. The monoisotopic (exact) mass is 257 g/mol. The van der Waals surface area contributed by atoms with E-state index in [1.165, 1.54) is 12.8 Å². The van der Waals surface area contributed by atoms with Gasteiger partial charge in [-0.1, -0.05) is 23.4 Å². The van der Waals surface area contributed by atoms with Crippen LogP contribution in [0.5, 0.6) is 0 Å². The van der Waals surface area contributed by atoms with Crippen LogP contribution in [0.3, 0.4) is 0 Å². The van der Waals surface area contributed by atoms with Crippen LogP contribution < -0.4 is 5.32 Å². The molecule has 1 aliphatic heterocycles. The topological polar surface area (TPSA) is 37.8 Å². The van der Waals surface area contributed by atoms with Gasteiger partial charge >= 0.3 is 0 Å². The molecule has 5 heteroatoms. The Morgan fingerprint density at radius 1 is 1.50 bits per heavy atom. The standard InChI is InChI=1S/C11H16ClN3S/c1-8-6-14-11(15-10(8)12)16-7-9-2-4-13-5-3-9/h6,9,13H,2-5,7H2,1H3. The molecule has 1 aromatic rings. The first-order valence-corrected chi connectivity index (χ1v) is 6.94. The van der Waals surface area contributed by atoms with Crippen molar-refractivity contribution in [3.8, 4) is 0 Å². The van der Waals surface area contributed by atoms with E-state index in [9.17, 15) is 0 Å². The van der Waals surface area contributed by atoms with Crippen molar-refractivity contribution in [2.75, 3.05) is 18.8 Å². The average molecular weight is 258 g/mol. The van der Waals surface area contributed by atoms with E-state index in [4.69, 9.17) is 11.6 Å². The van der Waals surface area contributed by atoms with E-state index in [1.54, 1.807) is 18.0 Å². The van der Waals surface area contributed by atoms with Gasteiger partial charge < -0.3 is 5.32 Å². The fourth-order valence-corrected chi connectivity index (χ4v) is 2.90. The summed E-state index contributed by atoms with van der Waals surface area (Å²) >= 11 is 7.68. The number of nitrogens with one attached hydrogen (secondary N) is 1. The number of thioether (sulfide) groups is 1. The molecule has 1 N–H and O–H groups in total. The van der Waals surface area contributed by atoms with Crippen LogP contribution in [0.1, 0.15) is 18.4 Å². The number of hydrogen-bond donors (Lipinski definition) is 1. The highest BCUT2D eigenvalue weighted by Crippen LogP contribution is 2.23. The Balaban J connectivity index is 1.86. The van der Waals surface area contributed by atoms with Gasteiger partial charge in [-0.3, -0.25) is 0 Å². The van der Waals surface area contributed by atoms with E-state index in [0.717, 1.165) is 35.5 Å². The molecule has 1 fully saturated rings. The van der Waals surface area contributed by atoms with Gasteiger partial charge in [0.2, 0.25) is 0 Å². The van der Waals surface area contributed by atoms with Crippen LogP contribution >= 0.6 is 23.4 Å². The fraction of sp³-hybridized carbons (Fsp3) is 0.636. The molecule has 0 aliphatic carbocycles. The highest BCUT2D eigenvalue weighted by Gasteiger charge is 2.14. The summed E-state index contributed by atoms with van der Waals surface area (Å²) in [6, 6.07) is 0. The van der Waals surface area contributed by atoms with Crippen molar-refractivity contribution in [2.45, 2.75) is 24.9 Å². The maximum absolute atomic E-state index is 5.96. The van der Waals surface area contributed by atoms with Gasteiger partial charge in [0.15, 0.2) is 5.16 Å². The molecule has 1 saturated heterocycles. The second kappa shape index (κ2) is 5.84. The van der Waals surface area contributed by atoms with Gasteiger partial charge in [-0.2, -0.15) is 0 Å². The minimum Gasteiger partial charge on any atom is -0.317 e. The molecule has 88 valence electrons. The Hall–Kier alpha value is -0.320. The van der Waals surface area contributed by atoms with Crippen LogP contribution in [0.4, 0.5) is 0 Å². The smallest absolute Gasteiger partial charge is 0.188 e. The van der Waals surface area contributed by atoms with Crippen LogP contribution in [0, 0.1) is 12.8 Å². The summed E-state index contributed by atoms with van der Waals surface area (Å²) in [6.07, 6.45) is 4.30. The Bertz CT molecular complexity index is 353. The summed E-state index contributed by atoms with van der Waals surface area (Å²) in [5, 5.41) is 4.74. The van der Waals surface area contributed by atoms with Gasteiger partial charge in [0, 0.05) is 17.5 Å². The van der Waals surface area contributed by atoms with E-state index in [0.29, 0.717) is 5.15 Å². The SMILES string of the molecule is Cc1cnc(SCC2CCNCC2)nc1Cl. The summed E-state index contributed by atoms with van der Waals surface area (Å²) in [5.41, 5.74) is 0.938. The lowest BCUT2D eigenvalue weighted by molar-refractivity contribution is 0.407. The molecule has 0 saturated carbocycles. The largest absolute Gasteiger partial charge is 0.317 e. The zero-order valence-electron chi connectivity index (χ0n) is 9.37. The predicted octanol–water partition coefficient (Wildman–Crippen LogP) is 2.53. The van der Waals surface area contributed by atoms with Crippen molar-refractivity contribution in [2.24, 2.45) is 5.92 Å². The molecule has 0 spiro atoms. The molecular formula is C11H16ClN3S. The summed E-state index contributed by atoms with van der Waals surface area (Å²) in [4.78, 5) is 8.53. The maximum Gasteiger partial charge on any atom is 0.188 e. The number of piperidine rings is 1. The van der Waals surface area contributed by atoms with Gasteiger partial charge in [0.1, 0.15) is 5.15 Å². The van der Waals surface area contributed by atoms with E-state index in [2.05, 4.69) is 15.3 Å². The molecule has 0 atom stereocenters. The van der Waals surface area contributed by atoms with Crippen LogP contribution in [0.25, 0.3) is 0 Å². The van der Waals surface area contributed by atoms with Gasteiger partial charge in [-0.05, 0) is 38.8 Å². The quantitative estimate of drug-likeness (QED) is 0.513. The Labute approximate surface area is 105 Å². The second-order valence-corrected chi connectivity index (χ2v) is 5.48. The highest BCUT2D eigenvalue weighted by molar-refractivity contribution is 7.99. The first-order chi connectivity index (χ1) is 7.75. The lowest BCUT2D eigenvalue weighted by atomic mass is 10.0. The lowest BCUT2D eigenvalue weighted by Crippen LogP contribution is -2.28. The third-order valence-electron chi connectivity index (χ3n) is 2.79. The Morgan fingerprint density at radius 2 is 2.25 bits per heavy atom. The molecule has 0 unspecified atom stereocenters. The zero-order valence-corrected chi connectivity index (χ0v) is 10.9. The minimum atomic E-state index is 0.572. The number of hydrogen-bond acceptors (Lipinski definition) is 4. The molecule has 0 bridgehead atoms. The van der Waals surface area contributed by atoms with Crippen molar-refractivity contribution in [3.63, 3.8) is 0 Å². The number of nitrogens with zero attached hydrogens (tertiary/aromatic N) is 2. The molecule has 1 aromatic heterocycles. The Kier molecular flexibility index (Phi) is 4.44. The van der Waals surface area contributed by atoms with E-state index in [-0.39, 0.29) is 0 Å². The van der Waals surface area contributed by atoms with Gasteiger partial charge in [-0.15, -0.1) is 0 Å². The summed E-state index contributed by atoms with van der Waals surface area (Å²) in [6.45, 7) is 4.20. The lowest BCUT2D eigenvalue weighted by Gasteiger charge is -2.21. The third kappa shape index (κ3) is 3.34. The molecule has 1 aliphatic rings. The summed E-state index contributed by atoms with van der Waals surface area (Å²) in [7, 11) is 0. The van der Waals surface area contributed by atoms with E-state index >= 15 is 0 Å². The molecule has 2 heterocycles. The maximum atomic E-state index is 5.96. The van der Waals surface area contributed by atoms with Crippen molar-refractivity contribution >= 4 is 23.4 Å². The van der Waals surface area contributed by atoms with Gasteiger partial charge in [0.05, 0.1) is 0 Å². The third-order valence-corrected chi connectivity index (χ3v) is 4.27. The average Bonchev–Trinajstić information content (AvgIpc) is 2.32. The number of aryl methyl sites for hydroxylation is 1. The van der Waals surface area contributed by atoms with Crippen molar-refractivity contribution < 1.29 is 0 Å². The summed E-state index contributed by atoms with van der Waals surface area (Å²) in [5.74, 6) is 1.89. The first-order valence-electron chi connectivity index (χ1n) is 5.58. The fourth-order valence-electron chi connectivity index (χ4n) is 1.72. The second-order valence-electron chi connectivity index (χ2n) is 4.13. The van der Waals surface area contributed by atoms with Gasteiger partial charge in [-0.25, -0.2) is 9.97 Å². The van der Waals surface area contributed by atoms with Crippen molar-refractivity contribution in [1.29, 1.82) is 0 Å². The minimum absolute atomic E-state index is 0.572. The molecule has 2 rings (SSSR count). The Morgan fingerprint density at radius 3 is 2.94 bits per heavy atom. The number of halogens is 1. The molecule has 0 amide bonds. The molecule has 16 heavy (non-hydrogen) atoms. The molecular weight excluding hydrogens is 242 g/mol. The summed E-state index contributed by atoms with van der Waals surface area (Å²) < 4.78 is 0. The zero-order chi connectivity index (χ0) is 11.4. The van der Waals surface area contributed by atoms with Crippen LogP contribution in [0.15, 0.2) is 11.4 Å². The van der Waals surface area contributed by atoms with E-state index < -0.39 is 0 Å². The number of rotatable bonds is 3. The van der Waals surface area contributed by atoms with Crippen molar-refractivity contribution in [3.05, 3.63) is 16.9 Å². The van der Waals surface area contributed by atoms with Crippen LogP contribution in [-0.4, -0.2) is 28.8 Å². The van der Waals surface area contributed by atoms with Gasteiger partial charge in [0.25, 0.3) is 0 Å². The predicted molar refractivity (Wildman–Crippen MR) is 68.1 cm³/mol. The van der Waals surface area contributed by atoms with Crippen LogP contribution in [-0.2, 0) is 0 Å². The normalized spacial score (nSPS) is 17.6. The highest BCUT2D eigenvalue weighted by atomic mass is 35.5. The van der Waals surface area contributed by atoms with Crippen LogP contribution in [0.2, 0.25) is 5.15 Å². The number of aromatic nitrogens is 2. The van der Waals surface area contributed by atoms with Crippen molar-refractivity contribution in [1.82, 2.24) is 15.3 Å².